The predicted octanol–water partition coefficient (Wildman–Crippen LogP) is 2.01. The summed E-state index contributed by atoms with van der Waals surface area (Å²) in [6, 6.07) is 6.17. The summed E-state index contributed by atoms with van der Waals surface area (Å²) in [5.41, 5.74) is 1.56. The topological polar surface area (TPSA) is 28.6 Å². The molecule has 116 valence electrons. The van der Waals surface area contributed by atoms with E-state index in [1.807, 2.05) is 12.3 Å². The van der Waals surface area contributed by atoms with E-state index in [0.717, 1.165) is 25.7 Å². The Morgan fingerprint density at radius 3 is 2.95 bits per heavy atom. The van der Waals surface area contributed by atoms with E-state index in [4.69, 9.17) is 4.74 Å². The first-order valence-electron chi connectivity index (χ1n) is 8.13. The van der Waals surface area contributed by atoms with Crippen molar-refractivity contribution in [2.45, 2.75) is 31.8 Å². The molecule has 2 aliphatic heterocycles. The van der Waals surface area contributed by atoms with Gasteiger partial charge in [0.15, 0.2) is 0 Å². The van der Waals surface area contributed by atoms with Crippen LogP contribution in [0.5, 0.6) is 0 Å². The van der Waals surface area contributed by atoms with E-state index in [-0.39, 0.29) is 0 Å². The van der Waals surface area contributed by atoms with Gasteiger partial charge in [-0.3, -0.25) is 14.8 Å². The van der Waals surface area contributed by atoms with Crippen molar-refractivity contribution in [1.82, 2.24) is 14.8 Å². The van der Waals surface area contributed by atoms with Crippen molar-refractivity contribution in [3.63, 3.8) is 0 Å². The Hall–Kier alpha value is -0.970. The van der Waals surface area contributed by atoms with Crippen LogP contribution in [0.3, 0.4) is 0 Å². The summed E-state index contributed by atoms with van der Waals surface area (Å²) in [6.07, 6.45) is 4.44. The number of aromatic nitrogens is 1. The van der Waals surface area contributed by atoms with Crippen molar-refractivity contribution < 1.29 is 4.74 Å². The Bertz CT molecular complexity index is 443. The Balaban J connectivity index is 1.54. The van der Waals surface area contributed by atoms with Gasteiger partial charge >= 0.3 is 0 Å². The average Bonchev–Trinajstić information content (AvgIpc) is 2.47. The molecule has 2 saturated heterocycles. The number of likely N-dealkylation sites (tertiary alicyclic amines) is 2. The monoisotopic (exact) mass is 289 g/mol. The number of rotatable bonds is 5. The zero-order valence-electron chi connectivity index (χ0n) is 13.3. The highest BCUT2D eigenvalue weighted by molar-refractivity contribution is 5.10. The Labute approximate surface area is 128 Å². The second kappa shape index (κ2) is 6.42. The third kappa shape index (κ3) is 3.28. The molecule has 0 amide bonds. The summed E-state index contributed by atoms with van der Waals surface area (Å²) in [7, 11) is 2.29. The first kappa shape index (κ1) is 14.9. The van der Waals surface area contributed by atoms with Crippen LogP contribution in [0, 0.1) is 5.92 Å². The molecule has 0 N–H and O–H groups in total. The summed E-state index contributed by atoms with van der Waals surface area (Å²) < 4.78 is 5.65. The molecule has 4 heteroatoms. The molecule has 0 saturated carbocycles. The van der Waals surface area contributed by atoms with Crippen LogP contribution in [0.25, 0.3) is 0 Å². The van der Waals surface area contributed by atoms with E-state index < -0.39 is 0 Å². The van der Waals surface area contributed by atoms with Gasteiger partial charge in [0, 0.05) is 44.6 Å². The largest absolute Gasteiger partial charge is 0.381 e. The number of likely N-dealkylation sites (N-methyl/N-ethyl adjacent to an activating group) is 1. The smallest absolute Gasteiger partial charge is 0.0543 e. The van der Waals surface area contributed by atoms with Gasteiger partial charge in [0.2, 0.25) is 0 Å². The minimum absolute atomic E-state index is 0.384. The lowest BCUT2D eigenvalue weighted by Gasteiger charge is -2.58. The van der Waals surface area contributed by atoms with Gasteiger partial charge in [-0.05, 0) is 51.4 Å². The first-order chi connectivity index (χ1) is 10.2. The molecule has 2 aliphatic rings. The number of hydrogen-bond donors (Lipinski definition) is 0. The summed E-state index contributed by atoms with van der Waals surface area (Å²) in [5.74, 6) is 0.734. The van der Waals surface area contributed by atoms with Crippen LogP contribution in [0.4, 0.5) is 0 Å². The van der Waals surface area contributed by atoms with Crippen LogP contribution < -0.4 is 0 Å². The Kier molecular flexibility index (Phi) is 4.57. The fourth-order valence-corrected chi connectivity index (χ4v) is 3.82. The highest BCUT2D eigenvalue weighted by Gasteiger charge is 2.49. The third-order valence-electron chi connectivity index (χ3n) is 5.06. The second-order valence-electron chi connectivity index (χ2n) is 6.63. The number of ether oxygens (including phenoxy) is 1. The molecule has 3 heterocycles. The van der Waals surface area contributed by atoms with Gasteiger partial charge < -0.3 is 4.74 Å². The third-order valence-corrected chi connectivity index (χ3v) is 5.06. The average molecular weight is 289 g/mol. The lowest BCUT2D eigenvalue weighted by atomic mass is 9.75. The maximum Gasteiger partial charge on any atom is 0.0543 e. The van der Waals surface area contributed by atoms with Gasteiger partial charge in [-0.2, -0.15) is 0 Å². The van der Waals surface area contributed by atoms with E-state index in [2.05, 4.69) is 40.9 Å². The number of nitrogens with zero attached hydrogens (tertiary/aromatic N) is 3. The highest BCUT2D eigenvalue weighted by atomic mass is 16.5. The fourth-order valence-electron chi connectivity index (χ4n) is 3.82. The lowest BCUT2D eigenvalue weighted by Crippen LogP contribution is -2.71. The molecular formula is C17H27N3O. The van der Waals surface area contributed by atoms with Crippen molar-refractivity contribution in [3.05, 3.63) is 30.1 Å². The van der Waals surface area contributed by atoms with Crippen molar-refractivity contribution in [1.29, 1.82) is 0 Å². The molecule has 4 nitrogen and oxygen atoms in total. The molecule has 3 rings (SSSR count). The van der Waals surface area contributed by atoms with Gasteiger partial charge in [0.1, 0.15) is 0 Å². The number of piperidine rings is 1. The van der Waals surface area contributed by atoms with E-state index in [9.17, 15) is 0 Å². The van der Waals surface area contributed by atoms with E-state index >= 15 is 0 Å². The van der Waals surface area contributed by atoms with Crippen molar-refractivity contribution in [3.8, 4) is 0 Å². The molecule has 1 atom stereocenters. The maximum atomic E-state index is 5.65. The molecule has 21 heavy (non-hydrogen) atoms. The van der Waals surface area contributed by atoms with Crippen LogP contribution in [-0.2, 0) is 11.3 Å². The van der Waals surface area contributed by atoms with Crippen LogP contribution in [-0.4, -0.2) is 60.2 Å². The molecule has 0 radical (unpaired) electrons. The SMILES string of the molecule is CCOCC1CCN(C)C2(C1)CN(Cc1ccccn1)C2. The highest BCUT2D eigenvalue weighted by Crippen LogP contribution is 2.38. The minimum atomic E-state index is 0.384. The van der Waals surface area contributed by atoms with Crippen LogP contribution in [0.1, 0.15) is 25.5 Å². The molecule has 0 aliphatic carbocycles. The van der Waals surface area contributed by atoms with E-state index in [0.29, 0.717) is 5.54 Å². The Morgan fingerprint density at radius 2 is 2.24 bits per heavy atom. The van der Waals surface area contributed by atoms with Crippen molar-refractivity contribution in [2.75, 3.05) is 39.9 Å². The summed E-state index contributed by atoms with van der Waals surface area (Å²) in [5, 5.41) is 0. The molecule has 2 fully saturated rings. The maximum absolute atomic E-state index is 5.65. The summed E-state index contributed by atoms with van der Waals surface area (Å²) in [6.45, 7) is 8.38. The van der Waals surface area contributed by atoms with Crippen molar-refractivity contribution in [2.24, 2.45) is 5.92 Å². The van der Waals surface area contributed by atoms with Gasteiger partial charge in [0.05, 0.1) is 5.69 Å². The number of hydrogen-bond acceptors (Lipinski definition) is 4. The van der Waals surface area contributed by atoms with Crippen LogP contribution in [0.2, 0.25) is 0 Å². The molecular weight excluding hydrogens is 262 g/mol. The summed E-state index contributed by atoms with van der Waals surface area (Å²) >= 11 is 0. The molecule has 1 unspecified atom stereocenters. The van der Waals surface area contributed by atoms with Gasteiger partial charge in [-0.15, -0.1) is 0 Å². The fraction of sp³-hybridized carbons (Fsp3) is 0.706. The normalized spacial score (nSPS) is 25.9. The Morgan fingerprint density at radius 1 is 1.38 bits per heavy atom. The standard InChI is InChI=1S/C17H27N3O/c1-3-21-12-15-7-9-19(2)17(10-15)13-20(14-17)11-16-6-4-5-8-18-16/h4-6,8,15H,3,7,9-14H2,1-2H3. The quantitative estimate of drug-likeness (QED) is 0.829. The molecule has 1 spiro atoms. The van der Waals surface area contributed by atoms with E-state index in [1.165, 1.54) is 38.2 Å². The van der Waals surface area contributed by atoms with E-state index in [1.54, 1.807) is 0 Å². The minimum Gasteiger partial charge on any atom is -0.381 e. The number of pyridine rings is 1. The summed E-state index contributed by atoms with van der Waals surface area (Å²) in [4.78, 5) is 9.52. The molecule has 1 aromatic rings. The van der Waals surface area contributed by atoms with Crippen LogP contribution >= 0.6 is 0 Å². The zero-order chi connectivity index (χ0) is 14.7. The first-order valence-corrected chi connectivity index (χ1v) is 8.13. The van der Waals surface area contributed by atoms with Gasteiger partial charge in [-0.25, -0.2) is 0 Å². The zero-order valence-corrected chi connectivity index (χ0v) is 13.3. The second-order valence-corrected chi connectivity index (χ2v) is 6.63. The van der Waals surface area contributed by atoms with Crippen molar-refractivity contribution >= 4 is 0 Å². The molecule has 0 bridgehead atoms. The predicted molar refractivity (Wildman–Crippen MR) is 84.1 cm³/mol. The van der Waals surface area contributed by atoms with Crippen LogP contribution in [0.15, 0.2) is 24.4 Å². The molecule has 0 aromatic carbocycles. The van der Waals surface area contributed by atoms with Gasteiger partial charge in [-0.1, -0.05) is 6.07 Å². The molecule has 1 aromatic heterocycles. The lowest BCUT2D eigenvalue weighted by molar-refractivity contribution is -0.0925. The van der Waals surface area contributed by atoms with Gasteiger partial charge in [0.25, 0.3) is 0 Å².